The van der Waals surface area contributed by atoms with Crippen LogP contribution in [-0.2, 0) is 0 Å². The van der Waals surface area contributed by atoms with Crippen LogP contribution < -0.4 is 0 Å². The fourth-order valence-corrected chi connectivity index (χ4v) is 7.50. The first-order chi connectivity index (χ1) is 25.3. The Labute approximate surface area is 290 Å². The van der Waals surface area contributed by atoms with Gasteiger partial charge in [-0.15, -0.1) is 0 Å². The van der Waals surface area contributed by atoms with E-state index in [1.807, 2.05) is 78.9 Å². The molecule has 51 heavy (non-hydrogen) atoms. The van der Waals surface area contributed by atoms with Crippen LogP contribution in [0.3, 0.4) is 0 Å². The number of aromatic nitrogens is 4. The highest BCUT2D eigenvalue weighted by Crippen LogP contribution is 2.41. The van der Waals surface area contributed by atoms with Crippen molar-refractivity contribution in [3.05, 3.63) is 158 Å². The molecule has 0 saturated heterocycles. The second-order valence-corrected chi connectivity index (χ2v) is 12.8. The summed E-state index contributed by atoms with van der Waals surface area (Å²) in [5.41, 5.74) is 9.08. The Morgan fingerprint density at radius 2 is 0.863 bits per heavy atom. The van der Waals surface area contributed by atoms with Gasteiger partial charge in [0.15, 0.2) is 23.1 Å². The van der Waals surface area contributed by atoms with E-state index >= 15 is 0 Å². The second-order valence-electron chi connectivity index (χ2n) is 12.8. The molecule has 0 spiro atoms. The maximum atomic E-state index is 6.67. The maximum absolute atomic E-state index is 6.67. The van der Waals surface area contributed by atoms with Gasteiger partial charge in [-0.2, -0.15) is 0 Å². The van der Waals surface area contributed by atoms with Gasteiger partial charge in [0.1, 0.15) is 16.7 Å². The standard InChI is InChI=1S/C45H26N4O2/c1-2-12-27(13-3-1)43-46-44(28-22-23-41-34(24-28)32-16-6-10-20-39(32)50-41)48-45(47-43)29-25-35-33-17-7-11-21-40(33)51-42(35)38(26-29)49-36-18-8-4-14-30(36)31-15-5-9-19-37(31)49/h1-26H. The lowest BCUT2D eigenvalue weighted by Crippen LogP contribution is -2.01. The summed E-state index contributed by atoms with van der Waals surface area (Å²) >= 11 is 0. The number of hydrogen-bond acceptors (Lipinski definition) is 5. The van der Waals surface area contributed by atoms with E-state index in [0.29, 0.717) is 17.5 Å². The molecule has 4 heterocycles. The van der Waals surface area contributed by atoms with Crippen LogP contribution in [0.1, 0.15) is 0 Å². The van der Waals surface area contributed by atoms with E-state index in [1.54, 1.807) is 0 Å². The SMILES string of the molecule is c1ccc(-c2nc(-c3ccc4oc5ccccc5c4c3)nc(-c3cc(-n4c5ccccc5c5ccccc54)c4oc5ccccc5c4c3)n2)cc1. The van der Waals surface area contributed by atoms with Gasteiger partial charge >= 0.3 is 0 Å². The van der Waals surface area contributed by atoms with E-state index in [9.17, 15) is 0 Å². The zero-order valence-electron chi connectivity index (χ0n) is 27.1. The number of para-hydroxylation sites is 4. The minimum Gasteiger partial charge on any atom is -0.456 e. The molecule has 11 rings (SSSR count). The molecule has 0 aliphatic rings. The summed E-state index contributed by atoms with van der Waals surface area (Å²) in [7, 11) is 0. The molecule has 0 amide bonds. The Hall–Kier alpha value is -7.05. The van der Waals surface area contributed by atoms with Crippen molar-refractivity contribution in [2.45, 2.75) is 0 Å². The summed E-state index contributed by atoms with van der Waals surface area (Å²) in [6, 6.07) is 53.9. The monoisotopic (exact) mass is 654 g/mol. The molecule has 7 aromatic carbocycles. The quantitative estimate of drug-likeness (QED) is 0.189. The van der Waals surface area contributed by atoms with Gasteiger partial charge in [-0.25, -0.2) is 15.0 Å². The van der Waals surface area contributed by atoms with E-state index in [2.05, 4.69) is 83.4 Å². The molecule has 0 bridgehead atoms. The Kier molecular flexibility index (Phi) is 5.86. The van der Waals surface area contributed by atoms with E-state index in [1.165, 1.54) is 10.8 Å². The van der Waals surface area contributed by atoms with Crippen LogP contribution in [0.4, 0.5) is 0 Å². The van der Waals surface area contributed by atoms with Crippen molar-refractivity contribution in [3.63, 3.8) is 0 Å². The van der Waals surface area contributed by atoms with Crippen molar-refractivity contribution in [2.24, 2.45) is 0 Å². The number of furan rings is 2. The number of nitrogens with zero attached hydrogens (tertiary/aromatic N) is 4. The molecule has 0 aliphatic heterocycles. The van der Waals surface area contributed by atoms with Crippen LogP contribution in [0.5, 0.6) is 0 Å². The van der Waals surface area contributed by atoms with Crippen molar-refractivity contribution in [2.75, 3.05) is 0 Å². The van der Waals surface area contributed by atoms with Gasteiger partial charge in [0.2, 0.25) is 0 Å². The number of benzene rings is 7. The molecule has 0 aliphatic carbocycles. The lowest BCUT2D eigenvalue weighted by Gasteiger charge is -2.12. The Morgan fingerprint density at radius 1 is 0.353 bits per heavy atom. The lowest BCUT2D eigenvalue weighted by molar-refractivity contribution is 0.666. The Bertz CT molecular complexity index is 3100. The number of fused-ring (bicyclic) bond motifs is 9. The van der Waals surface area contributed by atoms with E-state index in [-0.39, 0.29) is 0 Å². The second kappa shape index (κ2) is 10.7. The van der Waals surface area contributed by atoms with Crippen LogP contribution in [0.15, 0.2) is 167 Å². The van der Waals surface area contributed by atoms with Crippen molar-refractivity contribution in [1.29, 1.82) is 0 Å². The first kappa shape index (κ1) is 27.9. The molecule has 0 radical (unpaired) electrons. The summed E-state index contributed by atoms with van der Waals surface area (Å²) in [5.74, 6) is 1.76. The van der Waals surface area contributed by atoms with Crippen molar-refractivity contribution < 1.29 is 8.83 Å². The molecule has 4 aromatic heterocycles. The van der Waals surface area contributed by atoms with Crippen molar-refractivity contribution in [3.8, 4) is 39.9 Å². The minimum atomic E-state index is 0.574. The highest BCUT2D eigenvalue weighted by molar-refractivity contribution is 6.13. The molecule has 11 aromatic rings. The maximum Gasteiger partial charge on any atom is 0.164 e. The zero-order chi connectivity index (χ0) is 33.5. The Morgan fingerprint density at radius 3 is 1.57 bits per heavy atom. The molecule has 0 unspecified atom stereocenters. The number of hydrogen-bond donors (Lipinski definition) is 0. The van der Waals surface area contributed by atoms with Gasteiger partial charge in [0.05, 0.1) is 16.7 Å². The van der Waals surface area contributed by atoms with Gasteiger partial charge in [0, 0.05) is 49.0 Å². The van der Waals surface area contributed by atoms with Crippen LogP contribution in [-0.4, -0.2) is 19.5 Å². The molecular weight excluding hydrogens is 629 g/mol. The number of rotatable bonds is 4. The van der Waals surface area contributed by atoms with Gasteiger partial charge in [-0.3, -0.25) is 0 Å². The van der Waals surface area contributed by atoms with Crippen LogP contribution >= 0.6 is 0 Å². The minimum absolute atomic E-state index is 0.574. The Balaban J connectivity index is 1.21. The van der Waals surface area contributed by atoms with Gasteiger partial charge in [-0.1, -0.05) is 103 Å². The average molecular weight is 655 g/mol. The van der Waals surface area contributed by atoms with Crippen molar-refractivity contribution >= 4 is 65.7 Å². The van der Waals surface area contributed by atoms with Crippen LogP contribution in [0.2, 0.25) is 0 Å². The predicted octanol–water partition coefficient (Wildman–Crippen LogP) is 11.8. The average Bonchev–Trinajstić information content (AvgIpc) is 3.87. The molecule has 0 atom stereocenters. The summed E-state index contributed by atoms with van der Waals surface area (Å²) in [4.78, 5) is 15.4. The van der Waals surface area contributed by atoms with E-state index < -0.39 is 0 Å². The normalized spacial score (nSPS) is 11.9. The fraction of sp³-hybridized carbons (Fsp3) is 0. The largest absolute Gasteiger partial charge is 0.456 e. The molecule has 0 fully saturated rings. The van der Waals surface area contributed by atoms with Crippen LogP contribution in [0.25, 0.3) is 106 Å². The van der Waals surface area contributed by atoms with E-state index in [0.717, 1.165) is 77.3 Å². The van der Waals surface area contributed by atoms with Gasteiger partial charge < -0.3 is 13.4 Å². The van der Waals surface area contributed by atoms with E-state index in [4.69, 9.17) is 23.8 Å². The molecule has 6 heteroatoms. The topological polar surface area (TPSA) is 69.9 Å². The summed E-state index contributed by atoms with van der Waals surface area (Å²) in [5, 5.41) is 6.46. The van der Waals surface area contributed by atoms with Crippen LogP contribution in [0, 0.1) is 0 Å². The third-order valence-electron chi connectivity index (χ3n) is 9.84. The predicted molar refractivity (Wildman–Crippen MR) is 205 cm³/mol. The molecule has 238 valence electrons. The summed E-state index contributed by atoms with van der Waals surface area (Å²) in [6.45, 7) is 0. The first-order valence-corrected chi connectivity index (χ1v) is 16.9. The smallest absolute Gasteiger partial charge is 0.164 e. The van der Waals surface area contributed by atoms with Gasteiger partial charge in [-0.05, 0) is 54.6 Å². The molecule has 0 saturated carbocycles. The zero-order valence-corrected chi connectivity index (χ0v) is 27.1. The molecular formula is C45H26N4O2. The lowest BCUT2D eigenvalue weighted by atomic mass is 10.1. The summed E-state index contributed by atoms with van der Waals surface area (Å²) in [6.07, 6.45) is 0. The third-order valence-corrected chi connectivity index (χ3v) is 9.84. The highest BCUT2D eigenvalue weighted by Gasteiger charge is 2.21. The highest BCUT2D eigenvalue weighted by atomic mass is 16.3. The van der Waals surface area contributed by atoms with Gasteiger partial charge in [0.25, 0.3) is 0 Å². The molecule has 6 nitrogen and oxygen atoms in total. The molecule has 0 N–H and O–H groups in total. The van der Waals surface area contributed by atoms with Crippen molar-refractivity contribution in [1.82, 2.24) is 19.5 Å². The third kappa shape index (κ3) is 4.26. The first-order valence-electron chi connectivity index (χ1n) is 16.9. The fourth-order valence-electron chi connectivity index (χ4n) is 7.50. The summed E-state index contributed by atoms with van der Waals surface area (Å²) < 4.78 is 15.1.